The first-order chi connectivity index (χ1) is 35.5. The fourth-order valence-corrected chi connectivity index (χ4v) is 17.1. The number of allylic oxidation sites excluding steroid dienone is 2. The van der Waals surface area contributed by atoms with E-state index >= 15 is 0 Å². The average Bonchev–Trinajstić information content (AvgIpc) is 3.35. The number of aliphatic carboxylic acids is 1. The van der Waals surface area contributed by atoms with Crippen molar-refractivity contribution in [2.75, 3.05) is 19.8 Å². The molecule has 0 radical (unpaired) electrons. The van der Waals surface area contributed by atoms with Gasteiger partial charge >= 0.3 is 5.97 Å². The van der Waals surface area contributed by atoms with Crippen LogP contribution in [0.25, 0.3) is 0 Å². The van der Waals surface area contributed by atoms with Crippen LogP contribution in [0.5, 0.6) is 0 Å². The molecule has 0 aromatic rings. The minimum atomic E-state index is -2.17. The summed E-state index contributed by atoms with van der Waals surface area (Å²) in [7, 11) is 0. The Morgan fingerprint density at radius 3 is 1.80 bits per heavy atom. The van der Waals surface area contributed by atoms with E-state index in [0.717, 1.165) is 38.5 Å². The van der Waals surface area contributed by atoms with Crippen molar-refractivity contribution in [1.29, 1.82) is 0 Å². The first-order valence-electron chi connectivity index (χ1n) is 27.6. The van der Waals surface area contributed by atoms with Crippen molar-refractivity contribution in [3.8, 4) is 0 Å². The molecule has 0 bridgehead atoms. The average molecular weight is 1090 g/mol. The predicted octanol–water partition coefficient (Wildman–Crippen LogP) is -1.20. The van der Waals surface area contributed by atoms with Crippen LogP contribution in [-0.4, -0.2) is 226 Å². The molecule has 0 spiro atoms. The minimum absolute atomic E-state index is 0.0174. The fraction of sp³-hybridized carbons (Fsp3) is 0.944. The van der Waals surface area contributed by atoms with Crippen LogP contribution in [0.2, 0.25) is 0 Å². The summed E-state index contributed by atoms with van der Waals surface area (Å²) in [5, 5.41) is 155. The van der Waals surface area contributed by atoms with Gasteiger partial charge in [0, 0.05) is 5.41 Å². The lowest BCUT2D eigenvalue weighted by molar-refractivity contribution is -0.393. The van der Waals surface area contributed by atoms with Crippen molar-refractivity contribution < 1.29 is 109 Å². The van der Waals surface area contributed by atoms with E-state index in [0.29, 0.717) is 19.3 Å². The van der Waals surface area contributed by atoms with E-state index in [1.165, 1.54) is 12.5 Å². The first kappa shape index (κ1) is 59.0. The largest absolute Gasteiger partial charge is 0.479 e. The Bertz CT molecular complexity index is 2110. The molecule has 22 nitrogen and oxygen atoms in total. The third-order valence-corrected chi connectivity index (χ3v) is 21.9. The first-order valence-corrected chi connectivity index (χ1v) is 27.6. The second-order valence-electron chi connectivity index (χ2n) is 26.5. The van der Waals surface area contributed by atoms with Gasteiger partial charge in [0.05, 0.1) is 38.1 Å². The number of hydrogen-bond donors (Lipinski definition) is 14. The number of rotatable bonds is 11. The third kappa shape index (κ3) is 9.19. The van der Waals surface area contributed by atoms with Crippen LogP contribution in [0, 0.1) is 56.2 Å². The summed E-state index contributed by atoms with van der Waals surface area (Å²) in [6.45, 7) is 15.3. The molecule has 436 valence electrons. The minimum Gasteiger partial charge on any atom is -0.479 e. The molecule has 22 heteroatoms. The van der Waals surface area contributed by atoms with Gasteiger partial charge in [-0.25, -0.2) is 4.79 Å². The van der Waals surface area contributed by atoms with Crippen LogP contribution < -0.4 is 0 Å². The molecule has 4 heterocycles. The molecule has 4 saturated carbocycles. The van der Waals surface area contributed by atoms with Crippen molar-refractivity contribution in [3.05, 3.63) is 11.6 Å². The van der Waals surface area contributed by atoms with Crippen LogP contribution in [0.1, 0.15) is 113 Å². The van der Waals surface area contributed by atoms with Crippen LogP contribution in [-0.2, 0) is 38.0 Å². The van der Waals surface area contributed by atoms with Crippen LogP contribution in [0.15, 0.2) is 11.6 Å². The molecule has 14 N–H and O–H groups in total. The quantitative estimate of drug-likeness (QED) is 0.108. The molecule has 8 fully saturated rings. The zero-order valence-electron chi connectivity index (χ0n) is 45.0. The number of fused-ring (bicyclic) bond motifs is 7. The van der Waals surface area contributed by atoms with Crippen LogP contribution in [0.3, 0.4) is 0 Å². The normalized spacial score (nSPS) is 55.0. The van der Waals surface area contributed by atoms with E-state index in [9.17, 15) is 76.3 Å². The van der Waals surface area contributed by atoms with E-state index in [-0.39, 0.29) is 40.6 Å². The molecule has 0 aromatic heterocycles. The van der Waals surface area contributed by atoms with Gasteiger partial charge in [0.2, 0.25) is 0 Å². The van der Waals surface area contributed by atoms with Crippen molar-refractivity contribution >= 4 is 5.97 Å². The molecule has 0 amide bonds. The number of aliphatic hydroxyl groups excluding tert-OH is 13. The number of carbonyl (C=O) groups is 1. The maximum atomic E-state index is 13.3. The topological polar surface area (TPSA) is 365 Å². The summed E-state index contributed by atoms with van der Waals surface area (Å²) in [5.74, 6) is -2.15. The smallest absolute Gasteiger partial charge is 0.335 e. The maximum Gasteiger partial charge on any atom is 0.335 e. The molecule has 5 aliphatic carbocycles. The van der Waals surface area contributed by atoms with Gasteiger partial charge in [-0.2, -0.15) is 0 Å². The number of aliphatic hydroxyl groups is 13. The van der Waals surface area contributed by atoms with Gasteiger partial charge in [-0.15, -0.1) is 0 Å². The Hall–Kier alpha value is -1.59. The number of hydrogen-bond acceptors (Lipinski definition) is 21. The Morgan fingerprint density at radius 1 is 0.605 bits per heavy atom. The van der Waals surface area contributed by atoms with Gasteiger partial charge in [-0.05, 0) is 115 Å². The summed E-state index contributed by atoms with van der Waals surface area (Å²) < 4.78 is 43.1. The van der Waals surface area contributed by atoms with Crippen molar-refractivity contribution in [2.24, 2.45) is 56.2 Å². The van der Waals surface area contributed by atoms with E-state index in [2.05, 4.69) is 54.5 Å². The molecular formula is C54H88O22. The van der Waals surface area contributed by atoms with Gasteiger partial charge in [0.1, 0.15) is 85.5 Å². The zero-order chi connectivity index (χ0) is 55.7. The summed E-state index contributed by atoms with van der Waals surface area (Å²) in [6.07, 6.45) is -27.8. The van der Waals surface area contributed by atoms with E-state index in [4.69, 9.17) is 33.2 Å². The molecule has 0 aromatic carbocycles. The lowest BCUT2D eigenvalue weighted by Gasteiger charge is -2.72. The highest BCUT2D eigenvalue weighted by molar-refractivity contribution is 5.73. The highest BCUT2D eigenvalue weighted by Gasteiger charge is 2.71. The van der Waals surface area contributed by atoms with Crippen molar-refractivity contribution in [3.63, 3.8) is 0 Å². The van der Waals surface area contributed by atoms with Crippen molar-refractivity contribution in [2.45, 2.75) is 242 Å². The highest BCUT2D eigenvalue weighted by Crippen LogP contribution is 2.76. The number of carboxylic acid groups (broad SMARTS) is 1. The van der Waals surface area contributed by atoms with Gasteiger partial charge < -0.3 is 105 Å². The molecule has 4 saturated heterocycles. The monoisotopic (exact) mass is 1090 g/mol. The molecule has 29 atom stereocenters. The van der Waals surface area contributed by atoms with Gasteiger partial charge in [-0.1, -0.05) is 60.1 Å². The molecule has 9 rings (SSSR count). The second kappa shape index (κ2) is 21.0. The molecule has 0 unspecified atom stereocenters. The van der Waals surface area contributed by atoms with E-state index in [1.807, 2.05) is 0 Å². The molecule has 9 aliphatic rings. The highest BCUT2D eigenvalue weighted by atomic mass is 16.8. The molecular weight excluding hydrogens is 1000 g/mol. The van der Waals surface area contributed by atoms with E-state index in [1.54, 1.807) is 0 Å². The Balaban J connectivity index is 1.09. The number of carboxylic acids is 1. The van der Waals surface area contributed by atoms with Crippen LogP contribution in [0.4, 0.5) is 0 Å². The van der Waals surface area contributed by atoms with Crippen LogP contribution >= 0.6 is 0 Å². The molecule has 4 aliphatic heterocycles. The summed E-state index contributed by atoms with van der Waals surface area (Å²) in [6, 6.07) is 0. The summed E-state index contributed by atoms with van der Waals surface area (Å²) in [4.78, 5) is 13.3. The Morgan fingerprint density at radius 2 is 1.18 bits per heavy atom. The van der Waals surface area contributed by atoms with Gasteiger partial charge in [-0.3, -0.25) is 0 Å². The summed E-state index contributed by atoms with van der Waals surface area (Å²) in [5.41, 5.74) is -0.987. The van der Waals surface area contributed by atoms with Crippen molar-refractivity contribution in [1.82, 2.24) is 0 Å². The fourth-order valence-electron chi connectivity index (χ4n) is 17.1. The lowest BCUT2D eigenvalue weighted by atomic mass is 9.32. The summed E-state index contributed by atoms with van der Waals surface area (Å²) >= 11 is 0. The Labute approximate surface area is 443 Å². The zero-order valence-corrected chi connectivity index (χ0v) is 45.0. The number of ether oxygens (including phenoxy) is 7. The predicted molar refractivity (Wildman–Crippen MR) is 262 cm³/mol. The standard InChI is InChI=1S/C54H88O22/c1-22-31(59)34(62)37(65)46(70-22)75-43-36(64)33(61)27(20-56)72-48(43)74-41-39(67)42(45(68)69)73-40(44(41)76-47-38(66)35(63)32(60)26(19-55)71-47)24-11-13-51(6)28(50(24,4)5)12-14-52(7)29(51)10-9-23-25-17-49(2,3)15-16-54(25,21-57)30(58)18-53(23,52)8/h9,22,24-44,46-48,55-67H,10-21H2,1-8H3,(H,68,69)/t22-,24+,25-,26+,27+,28-,29+,30+,31-,32-,33-,34+,35-,36-,37+,38+,39-,40-,41-,42-,43+,44-,46-,47-,48-,51-,52+,53+,54+/m0/s1. The third-order valence-electron chi connectivity index (χ3n) is 21.9. The van der Waals surface area contributed by atoms with Gasteiger partial charge in [0.15, 0.2) is 25.0 Å². The van der Waals surface area contributed by atoms with Gasteiger partial charge in [0.25, 0.3) is 0 Å². The Kier molecular flexibility index (Phi) is 16.3. The van der Waals surface area contributed by atoms with E-state index < -0.39 is 170 Å². The lowest BCUT2D eigenvalue weighted by Crippen LogP contribution is -2.71. The molecule has 76 heavy (non-hydrogen) atoms. The second-order valence-corrected chi connectivity index (χ2v) is 26.5. The maximum absolute atomic E-state index is 13.3. The SMILES string of the molecule is C[C@@H]1O[C@@H](O[C@H]2[C@H](O[C@H]3[C@H](O)[C@@H](C(=O)O)O[C@@H]([C@H]4CC[C@]5(C)[C@H]6CC=C7[C@@H]8CC(C)(C)CC[C@]8(CO)[C@H](O)C[C@@]7(C)[C@]6(C)CC[C@H]5C4(C)C)[C@@H]3O[C@@H]3O[C@H](CO)[C@H](O)[C@H](O)[C@H]3O)O[C@H](CO)[C@H](O)[C@@H]2O)[C@H](O)[C@H](O)[C@H]1O.